The Morgan fingerprint density at radius 3 is 2.33 bits per heavy atom. The fourth-order valence-corrected chi connectivity index (χ4v) is 3.20. The van der Waals surface area contributed by atoms with E-state index in [9.17, 15) is 5.26 Å². The van der Waals surface area contributed by atoms with E-state index in [1.807, 2.05) is 30.3 Å². The predicted octanol–water partition coefficient (Wildman–Crippen LogP) is 3.94. The van der Waals surface area contributed by atoms with Crippen LogP contribution in [-0.2, 0) is 5.41 Å². The highest BCUT2D eigenvalue weighted by molar-refractivity contribution is 5.34. The van der Waals surface area contributed by atoms with Gasteiger partial charge in [0, 0.05) is 6.42 Å². The highest BCUT2D eigenvalue weighted by Crippen LogP contribution is 2.44. The van der Waals surface area contributed by atoms with E-state index >= 15 is 0 Å². The maximum absolute atomic E-state index is 9.76. The molecule has 1 aromatic rings. The van der Waals surface area contributed by atoms with E-state index in [0.29, 0.717) is 18.8 Å². The van der Waals surface area contributed by atoms with Crippen LogP contribution in [0.1, 0.15) is 44.1 Å². The zero-order chi connectivity index (χ0) is 12.8. The van der Waals surface area contributed by atoms with Crippen LogP contribution in [0.15, 0.2) is 30.3 Å². The van der Waals surface area contributed by atoms with Gasteiger partial charge in [0.2, 0.25) is 0 Å². The first-order valence-electron chi connectivity index (χ1n) is 6.67. The van der Waals surface area contributed by atoms with Crippen molar-refractivity contribution in [2.75, 3.05) is 0 Å². The zero-order valence-electron chi connectivity index (χ0n) is 10.6. The van der Waals surface area contributed by atoms with Crippen molar-refractivity contribution in [3.8, 4) is 12.1 Å². The predicted molar refractivity (Wildman–Crippen MR) is 70.5 cm³/mol. The van der Waals surface area contributed by atoms with Gasteiger partial charge in [-0.3, -0.25) is 0 Å². The van der Waals surface area contributed by atoms with Crippen LogP contribution < -0.4 is 0 Å². The van der Waals surface area contributed by atoms with Crippen molar-refractivity contribution < 1.29 is 0 Å². The fraction of sp³-hybridized carbons (Fsp3) is 0.500. The molecule has 2 rings (SSSR count). The monoisotopic (exact) mass is 238 g/mol. The third kappa shape index (κ3) is 2.24. The van der Waals surface area contributed by atoms with Gasteiger partial charge in [0.25, 0.3) is 0 Å². The first-order valence-corrected chi connectivity index (χ1v) is 6.67. The number of hydrogen-bond acceptors (Lipinski definition) is 2. The second-order valence-electron chi connectivity index (χ2n) is 5.09. The van der Waals surface area contributed by atoms with E-state index in [1.165, 1.54) is 12.8 Å². The second kappa shape index (κ2) is 5.69. The van der Waals surface area contributed by atoms with Crippen molar-refractivity contribution in [3.05, 3.63) is 35.9 Å². The van der Waals surface area contributed by atoms with Gasteiger partial charge in [-0.1, -0.05) is 43.2 Å². The molecule has 0 heterocycles. The lowest BCUT2D eigenvalue weighted by atomic mass is 9.68. The number of nitriles is 2. The smallest absolute Gasteiger partial charge is 0.0860 e. The SMILES string of the molecule is N#CCC[C@](C#N)(c1ccccc1)C1CCCC1. The highest BCUT2D eigenvalue weighted by Gasteiger charge is 2.41. The van der Waals surface area contributed by atoms with E-state index in [-0.39, 0.29) is 0 Å². The molecule has 0 saturated heterocycles. The topological polar surface area (TPSA) is 47.6 Å². The molecule has 0 amide bonds. The van der Waals surface area contributed by atoms with Crippen molar-refractivity contribution >= 4 is 0 Å². The minimum Gasteiger partial charge on any atom is -0.198 e. The number of benzene rings is 1. The van der Waals surface area contributed by atoms with Gasteiger partial charge in [0.15, 0.2) is 0 Å². The van der Waals surface area contributed by atoms with Crippen molar-refractivity contribution in [1.82, 2.24) is 0 Å². The first-order chi connectivity index (χ1) is 8.83. The Labute approximate surface area is 109 Å². The maximum atomic E-state index is 9.76. The summed E-state index contributed by atoms with van der Waals surface area (Å²) in [4.78, 5) is 0. The van der Waals surface area contributed by atoms with Gasteiger partial charge in [-0.15, -0.1) is 0 Å². The van der Waals surface area contributed by atoms with Crippen LogP contribution in [0.5, 0.6) is 0 Å². The summed E-state index contributed by atoms with van der Waals surface area (Å²) in [5.41, 5.74) is 0.641. The van der Waals surface area contributed by atoms with Crippen molar-refractivity contribution in [2.45, 2.75) is 43.9 Å². The Morgan fingerprint density at radius 2 is 1.78 bits per heavy atom. The van der Waals surface area contributed by atoms with Gasteiger partial charge in [0.1, 0.15) is 0 Å². The summed E-state index contributed by atoms with van der Waals surface area (Å²) in [5.74, 6) is 0.415. The van der Waals surface area contributed by atoms with Crippen LogP contribution in [-0.4, -0.2) is 0 Å². The summed E-state index contributed by atoms with van der Waals surface area (Å²) in [5, 5.41) is 18.6. The van der Waals surface area contributed by atoms with Crippen LogP contribution in [0.4, 0.5) is 0 Å². The average Bonchev–Trinajstić information content (AvgIpc) is 2.96. The maximum Gasteiger partial charge on any atom is 0.0860 e. The summed E-state index contributed by atoms with van der Waals surface area (Å²) in [7, 11) is 0. The molecule has 92 valence electrons. The van der Waals surface area contributed by atoms with Gasteiger partial charge < -0.3 is 0 Å². The molecule has 0 radical (unpaired) electrons. The lowest BCUT2D eigenvalue weighted by molar-refractivity contribution is 0.328. The van der Waals surface area contributed by atoms with Crippen LogP contribution in [0.3, 0.4) is 0 Å². The normalized spacial score (nSPS) is 18.8. The molecule has 0 aliphatic heterocycles. The summed E-state index contributed by atoms with van der Waals surface area (Å²) >= 11 is 0. The molecule has 1 atom stereocenters. The van der Waals surface area contributed by atoms with E-state index in [0.717, 1.165) is 18.4 Å². The van der Waals surface area contributed by atoms with Crippen LogP contribution in [0.2, 0.25) is 0 Å². The number of nitrogens with zero attached hydrogens (tertiary/aromatic N) is 2. The Hall–Kier alpha value is -1.80. The van der Waals surface area contributed by atoms with Gasteiger partial charge in [-0.05, 0) is 30.7 Å². The molecule has 1 fully saturated rings. The number of hydrogen-bond donors (Lipinski definition) is 0. The minimum atomic E-state index is -0.451. The van der Waals surface area contributed by atoms with E-state index < -0.39 is 5.41 Å². The molecule has 0 N–H and O–H groups in total. The lowest BCUT2D eigenvalue weighted by Gasteiger charge is -2.32. The van der Waals surface area contributed by atoms with E-state index in [1.54, 1.807) is 0 Å². The fourth-order valence-electron chi connectivity index (χ4n) is 3.20. The summed E-state index contributed by atoms with van der Waals surface area (Å²) in [6, 6.07) is 14.8. The third-order valence-corrected chi connectivity index (χ3v) is 4.17. The standard InChI is InChI=1S/C16H18N2/c17-12-6-11-16(13-18,15-9-4-5-10-15)14-7-2-1-3-8-14/h1-3,7-8,15H,4-6,9-11H2/t16-/m0/s1. The number of rotatable bonds is 4. The molecular formula is C16H18N2. The van der Waals surface area contributed by atoms with E-state index in [4.69, 9.17) is 5.26 Å². The largest absolute Gasteiger partial charge is 0.198 e. The minimum absolute atomic E-state index is 0.415. The van der Waals surface area contributed by atoms with Crippen LogP contribution in [0, 0.1) is 28.6 Å². The van der Waals surface area contributed by atoms with Gasteiger partial charge in [-0.25, -0.2) is 0 Å². The molecule has 1 aromatic carbocycles. The first kappa shape index (κ1) is 12.7. The summed E-state index contributed by atoms with van der Waals surface area (Å²) < 4.78 is 0. The molecule has 1 saturated carbocycles. The molecule has 0 aromatic heterocycles. The van der Waals surface area contributed by atoms with Gasteiger partial charge >= 0.3 is 0 Å². The highest BCUT2D eigenvalue weighted by atomic mass is 14.5. The molecule has 1 aliphatic carbocycles. The molecule has 0 unspecified atom stereocenters. The van der Waals surface area contributed by atoms with E-state index in [2.05, 4.69) is 12.1 Å². The Morgan fingerprint density at radius 1 is 1.11 bits per heavy atom. The van der Waals surface area contributed by atoms with Crippen LogP contribution in [0.25, 0.3) is 0 Å². The van der Waals surface area contributed by atoms with Crippen molar-refractivity contribution in [3.63, 3.8) is 0 Å². The average molecular weight is 238 g/mol. The molecular weight excluding hydrogens is 220 g/mol. The quantitative estimate of drug-likeness (QED) is 0.797. The molecule has 1 aliphatic rings. The molecule has 18 heavy (non-hydrogen) atoms. The Bertz CT molecular complexity index is 460. The lowest BCUT2D eigenvalue weighted by Crippen LogP contribution is -2.32. The van der Waals surface area contributed by atoms with Crippen molar-refractivity contribution in [2.24, 2.45) is 5.92 Å². The molecule has 2 nitrogen and oxygen atoms in total. The molecule has 0 bridgehead atoms. The van der Waals surface area contributed by atoms with Gasteiger partial charge in [-0.2, -0.15) is 10.5 Å². The summed E-state index contributed by atoms with van der Waals surface area (Å²) in [6.07, 6.45) is 5.79. The molecule has 0 spiro atoms. The second-order valence-corrected chi connectivity index (χ2v) is 5.09. The summed E-state index contributed by atoms with van der Waals surface area (Å²) in [6.45, 7) is 0. The third-order valence-electron chi connectivity index (χ3n) is 4.17. The Balaban J connectivity index is 2.38. The zero-order valence-corrected chi connectivity index (χ0v) is 10.6. The van der Waals surface area contributed by atoms with Crippen molar-refractivity contribution in [1.29, 1.82) is 10.5 Å². The Kier molecular flexibility index (Phi) is 4.00. The molecule has 2 heteroatoms. The van der Waals surface area contributed by atoms with Gasteiger partial charge in [0.05, 0.1) is 17.6 Å². The van der Waals surface area contributed by atoms with Crippen LogP contribution >= 0.6 is 0 Å².